The zero-order valence-corrected chi connectivity index (χ0v) is 11.2. The van der Waals surface area contributed by atoms with Crippen molar-refractivity contribution in [2.45, 2.75) is 19.3 Å². The van der Waals surface area contributed by atoms with Crippen LogP contribution in [0.25, 0.3) is 0 Å². The van der Waals surface area contributed by atoms with Crippen molar-refractivity contribution in [2.24, 2.45) is 0 Å². The van der Waals surface area contributed by atoms with Crippen LogP contribution in [0.3, 0.4) is 0 Å². The lowest BCUT2D eigenvalue weighted by molar-refractivity contribution is 0.253. The highest BCUT2D eigenvalue weighted by Gasteiger charge is 2.11. The number of benzene rings is 1. The Labute approximate surface area is 114 Å². The summed E-state index contributed by atoms with van der Waals surface area (Å²) in [4.78, 5) is 13.9. The van der Waals surface area contributed by atoms with E-state index < -0.39 is 0 Å². The third kappa shape index (κ3) is 4.02. The summed E-state index contributed by atoms with van der Waals surface area (Å²) < 4.78 is 0. The van der Waals surface area contributed by atoms with E-state index in [2.05, 4.69) is 28.2 Å². The van der Waals surface area contributed by atoms with Gasteiger partial charge in [-0.15, -0.1) is 6.58 Å². The Morgan fingerprint density at radius 2 is 2.11 bits per heavy atom. The van der Waals surface area contributed by atoms with Crippen LogP contribution in [0.5, 0.6) is 0 Å². The Morgan fingerprint density at radius 3 is 2.84 bits per heavy atom. The molecule has 1 aromatic carbocycles. The van der Waals surface area contributed by atoms with Crippen LogP contribution in [-0.2, 0) is 0 Å². The smallest absolute Gasteiger partial charge is 0.319 e. The van der Waals surface area contributed by atoms with Gasteiger partial charge in [0.1, 0.15) is 0 Å². The molecule has 0 atom stereocenters. The van der Waals surface area contributed by atoms with Crippen LogP contribution in [0, 0.1) is 0 Å². The Kier molecular flexibility index (Phi) is 4.84. The highest BCUT2D eigenvalue weighted by Crippen LogP contribution is 2.22. The molecule has 0 bridgehead atoms. The molecule has 0 aromatic heterocycles. The lowest BCUT2D eigenvalue weighted by Crippen LogP contribution is -2.30. The molecule has 4 nitrogen and oxygen atoms in total. The van der Waals surface area contributed by atoms with E-state index in [1.54, 1.807) is 6.08 Å². The molecule has 19 heavy (non-hydrogen) atoms. The van der Waals surface area contributed by atoms with Crippen LogP contribution in [0.2, 0.25) is 0 Å². The van der Waals surface area contributed by atoms with Crippen LogP contribution in [0.4, 0.5) is 16.2 Å². The van der Waals surface area contributed by atoms with Crippen molar-refractivity contribution >= 4 is 17.4 Å². The fourth-order valence-electron chi connectivity index (χ4n) is 2.27. The lowest BCUT2D eigenvalue weighted by atomic mass is 10.1. The second-order valence-electron chi connectivity index (χ2n) is 4.72. The molecule has 0 saturated carbocycles. The van der Waals surface area contributed by atoms with Crippen molar-refractivity contribution in [3.63, 3.8) is 0 Å². The monoisotopic (exact) mass is 259 g/mol. The zero-order chi connectivity index (χ0) is 13.5. The molecule has 1 saturated heterocycles. The molecule has 1 aromatic rings. The Balaban J connectivity index is 1.98. The molecule has 1 fully saturated rings. The number of nitrogens with zero attached hydrogens (tertiary/aromatic N) is 1. The first-order valence-electron chi connectivity index (χ1n) is 6.80. The molecule has 2 N–H and O–H groups in total. The summed E-state index contributed by atoms with van der Waals surface area (Å²) >= 11 is 0. The van der Waals surface area contributed by atoms with E-state index in [1.807, 2.05) is 18.2 Å². The van der Waals surface area contributed by atoms with Gasteiger partial charge in [0.05, 0.1) is 0 Å². The summed E-state index contributed by atoms with van der Waals surface area (Å²) in [5.41, 5.74) is 2.01. The number of anilines is 2. The van der Waals surface area contributed by atoms with Crippen molar-refractivity contribution in [1.29, 1.82) is 0 Å². The summed E-state index contributed by atoms with van der Waals surface area (Å²) in [6, 6.07) is 7.81. The summed E-state index contributed by atoms with van der Waals surface area (Å²) in [5, 5.41) is 5.53. The Bertz CT molecular complexity index is 439. The molecule has 0 spiro atoms. The maximum absolute atomic E-state index is 11.6. The van der Waals surface area contributed by atoms with Gasteiger partial charge in [0.2, 0.25) is 0 Å². The lowest BCUT2D eigenvalue weighted by Gasteiger charge is -2.29. The van der Waals surface area contributed by atoms with E-state index in [4.69, 9.17) is 0 Å². The summed E-state index contributed by atoms with van der Waals surface area (Å²) in [7, 11) is 0. The minimum absolute atomic E-state index is 0.198. The van der Waals surface area contributed by atoms with Crippen LogP contribution in [0.1, 0.15) is 19.3 Å². The van der Waals surface area contributed by atoms with E-state index >= 15 is 0 Å². The Morgan fingerprint density at radius 1 is 1.32 bits per heavy atom. The van der Waals surface area contributed by atoms with Gasteiger partial charge in [-0.05, 0) is 37.5 Å². The van der Waals surface area contributed by atoms with Gasteiger partial charge in [-0.3, -0.25) is 0 Å². The number of carbonyl (C=O) groups is 1. The van der Waals surface area contributed by atoms with Gasteiger partial charge in [0.25, 0.3) is 0 Å². The summed E-state index contributed by atoms with van der Waals surface area (Å²) in [6.07, 6.45) is 5.47. The van der Waals surface area contributed by atoms with Gasteiger partial charge >= 0.3 is 6.03 Å². The average Bonchev–Trinajstić information content (AvgIpc) is 2.46. The predicted octanol–water partition coefficient (Wildman–Crippen LogP) is 2.98. The molecule has 102 valence electrons. The van der Waals surface area contributed by atoms with E-state index in [0.717, 1.165) is 18.8 Å². The minimum atomic E-state index is -0.198. The average molecular weight is 259 g/mol. The fraction of sp³-hybridized carbons (Fsp3) is 0.400. The van der Waals surface area contributed by atoms with E-state index in [1.165, 1.54) is 24.9 Å². The minimum Gasteiger partial charge on any atom is -0.371 e. The van der Waals surface area contributed by atoms with Crippen molar-refractivity contribution < 1.29 is 4.79 Å². The van der Waals surface area contributed by atoms with Crippen molar-refractivity contribution in [1.82, 2.24) is 5.32 Å². The highest BCUT2D eigenvalue weighted by atomic mass is 16.2. The quantitative estimate of drug-likeness (QED) is 0.816. The molecule has 1 aliphatic heterocycles. The van der Waals surface area contributed by atoms with Crippen LogP contribution >= 0.6 is 0 Å². The van der Waals surface area contributed by atoms with E-state index in [-0.39, 0.29) is 6.03 Å². The first-order valence-corrected chi connectivity index (χ1v) is 6.80. The number of urea groups is 1. The van der Waals surface area contributed by atoms with Crippen LogP contribution in [0.15, 0.2) is 36.9 Å². The maximum atomic E-state index is 11.6. The number of amides is 2. The van der Waals surface area contributed by atoms with Gasteiger partial charge in [0, 0.05) is 31.0 Å². The summed E-state index contributed by atoms with van der Waals surface area (Å²) in [5.74, 6) is 0. The molecular weight excluding hydrogens is 238 g/mol. The molecule has 0 unspecified atom stereocenters. The number of nitrogens with one attached hydrogen (secondary N) is 2. The molecular formula is C15H21N3O. The SMILES string of the molecule is C=CCNC(=O)Nc1cccc(N2CCCCC2)c1. The molecule has 1 heterocycles. The predicted molar refractivity (Wildman–Crippen MR) is 79.7 cm³/mol. The third-order valence-electron chi connectivity index (χ3n) is 3.23. The van der Waals surface area contributed by atoms with Gasteiger partial charge in [-0.1, -0.05) is 12.1 Å². The van der Waals surface area contributed by atoms with Gasteiger partial charge in [-0.25, -0.2) is 4.79 Å². The van der Waals surface area contributed by atoms with E-state index in [0.29, 0.717) is 6.54 Å². The standard InChI is InChI=1S/C15H21N3O/c1-2-9-16-15(19)17-13-7-6-8-14(12-13)18-10-4-3-5-11-18/h2,6-8,12H,1,3-5,9-11H2,(H2,16,17,19). The van der Waals surface area contributed by atoms with Crippen molar-refractivity contribution in [3.8, 4) is 0 Å². The van der Waals surface area contributed by atoms with Crippen LogP contribution in [-0.4, -0.2) is 25.7 Å². The molecule has 4 heteroatoms. The molecule has 2 rings (SSSR count). The molecule has 2 amide bonds. The number of piperidine rings is 1. The molecule has 1 aliphatic rings. The first-order chi connectivity index (χ1) is 9.29. The van der Waals surface area contributed by atoms with Crippen molar-refractivity contribution in [3.05, 3.63) is 36.9 Å². The zero-order valence-electron chi connectivity index (χ0n) is 11.2. The molecule has 0 aliphatic carbocycles. The summed E-state index contributed by atoms with van der Waals surface area (Å²) in [6.45, 7) is 6.24. The number of carbonyl (C=O) groups excluding carboxylic acids is 1. The number of hydrogen-bond donors (Lipinski definition) is 2. The highest BCUT2D eigenvalue weighted by molar-refractivity contribution is 5.89. The fourth-order valence-corrected chi connectivity index (χ4v) is 2.27. The van der Waals surface area contributed by atoms with E-state index in [9.17, 15) is 4.79 Å². The number of hydrogen-bond acceptors (Lipinski definition) is 2. The first kappa shape index (κ1) is 13.5. The molecule has 0 radical (unpaired) electrons. The second kappa shape index (κ2) is 6.83. The maximum Gasteiger partial charge on any atom is 0.319 e. The van der Waals surface area contributed by atoms with Crippen molar-refractivity contribution in [2.75, 3.05) is 29.9 Å². The van der Waals surface area contributed by atoms with Crippen LogP contribution < -0.4 is 15.5 Å². The van der Waals surface area contributed by atoms with Gasteiger partial charge in [0.15, 0.2) is 0 Å². The number of rotatable bonds is 4. The van der Waals surface area contributed by atoms with Gasteiger partial charge in [-0.2, -0.15) is 0 Å². The third-order valence-corrected chi connectivity index (χ3v) is 3.23. The topological polar surface area (TPSA) is 44.4 Å². The normalized spacial score (nSPS) is 14.8. The second-order valence-corrected chi connectivity index (χ2v) is 4.72. The largest absolute Gasteiger partial charge is 0.371 e. The Hall–Kier alpha value is -1.97. The van der Waals surface area contributed by atoms with Gasteiger partial charge < -0.3 is 15.5 Å².